The average molecular weight is 355 g/mol. The summed E-state index contributed by atoms with van der Waals surface area (Å²) in [5.74, 6) is 0.180. The molecule has 7 nitrogen and oxygen atoms in total. The Kier molecular flexibility index (Phi) is 5.63. The van der Waals surface area contributed by atoms with Crippen molar-refractivity contribution in [2.45, 2.75) is 18.1 Å². The lowest BCUT2D eigenvalue weighted by molar-refractivity contribution is -0.119. The lowest BCUT2D eigenvalue weighted by Crippen LogP contribution is -2.39. The van der Waals surface area contributed by atoms with Gasteiger partial charge in [-0.2, -0.15) is 0 Å². The molecule has 0 aliphatic carbocycles. The molecule has 1 aromatic carbocycles. The van der Waals surface area contributed by atoms with Crippen LogP contribution >= 0.6 is 11.8 Å². The van der Waals surface area contributed by atoms with Crippen molar-refractivity contribution in [3.05, 3.63) is 60.3 Å². The topological polar surface area (TPSA) is 88.4 Å². The molecule has 25 heavy (non-hydrogen) atoms. The number of nitrogens with one attached hydrogen (secondary N) is 2. The Bertz CT molecular complexity index is 866. The van der Waals surface area contributed by atoms with Gasteiger partial charge in [0, 0.05) is 24.9 Å². The van der Waals surface area contributed by atoms with Crippen LogP contribution < -0.4 is 10.6 Å². The van der Waals surface area contributed by atoms with Gasteiger partial charge in [0.05, 0.1) is 0 Å². The second-order valence-electron chi connectivity index (χ2n) is 5.23. The number of hydrogen-bond acceptors (Lipinski definition) is 5. The smallest absolute Gasteiger partial charge is 0.321 e. The van der Waals surface area contributed by atoms with Crippen LogP contribution in [0.15, 0.2) is 59.9 Å². The summed E-state index contributed by atoms with van der Waals surface area (Å²) >= 11 is 1.42. The van der Waals surface area contributed by atoms with E-state index in [1.54, 1.807) is 0 Å². The number of nitrogens with zero attached hydrogens (tertiary/aromatic N) is 3. The second-order valence-corrected chi connectivity index (χ2v) is 6.29. The molecule has 0 unspecified atom stereocenters. The number of pyridine rings is 1. The lowest BCUT2D eigenvalue weighted by Gasteiger charge is -2.06. The maximum atomic E-state index is 11.8. The van der Waals surface area contributed by atoms with Crippen molar-refractivity contribution in [1.82, 2.24) is 25.2 Å². The first kappa shape index (κ1) is 17.0. The Hall–Kier alpha value is -2.87. The van der Waals surface area contributed by atoms with Crippen molar-refractivity contribution in [3.8, 4) is 0 Å². The van der Waals surface area contributed by atoms with Gasteiger partial charge in [0.2, 0.25) is 5.91 Å². The first-order chi connectivity index (χ1) is 12.2. The number of carbonyl (C=O) groups excluding carboxylic acids is 2. The molecule has 0 saturated carbocycles. The molecule has 0 spiro atoms. The Balaban J connectivity index is 1.40. The van der Waals surface area contributed by atoms with Crippen molar-refractivity contribution >= 4 is 29.3 Å². The summed E-state index contributed by atoms with van der Waals surface area (Å²) in [4.78, 5) is 23.5. The van der Waals surface area contributed by atoms with Gasteiger partial charge < -0.3 is 5.32 Å². The van der Waals surface area contributed by atoms with Crippen LogP contribution in [0.4, 0.5) is 4.79 Å². The first-order valence-electron chi connectivity index (χ1n) is 7.76. The SMILES string of the molecule is O=C(CCSc1nnc2ccccn12)NC(=O)NCc1ccccc1. The van der Waals surface area contributed by atoms with E-state index < -0.39 is 6.03 Å². The minimum absolute atomic E-state index is 0.213. The molecule has 0 bridgehead atoms. The molecule has 3 rings (SSSR count). The highest BCUT2D eigenvalue weighted by atomic mass is 32.2. The van der Waals surface area contributed by atoms with E-state index in [0.29, 0.717) is 12.3 Å². The van der Waals surface area contributed by atoms with E-state index in [0.717, 1.165) is 16.4 Å². The number of aromatic nitrogens is 3. The van der Waals surface area contributed by atoms with Crippen LogP contribution in [0.25, 0.3) is 5.65 Å². The molecule has 0 aliphatic heterocycles. The van der Waals surface area contributed by atoms with Gasteiger partial charge in [-0.3, -0.25) is 14.5 Å². The number of rotatable bonds is 6. The number of benzene rings is 1. The number of carbonyl (C=O) groups is 2. The highest BCUT2D eigenvalue weighted by Crippen LogP contribution is 2.17. The monoisotopic (exact) mass is 355 g/mol. The number of imide groups is 1. The molecule has 2 heterocycles. The zero-order valence-electron chi connectivity index (χ0n) is 13.4. The van der Waals surface area contributed by atoms with Crippen LogP contribution in [-0.2, 0) is 11.3 Å². The summed E-state index contributed by atoms with van der Waals surface area (Å²) in [7, 11) is 0. The molecule has 3 amide bonds. The van der Waals surface area contributed by atoms with Crippen molar-refractivity contribution < 1.29 is 9.59 Å². The number of thioether (sulfide) groups is 1. The minimum Gasteiger partial charge on any atom is -0.334 e. The van der Waals surface area contributed by atoms with Gasteiger partial charge in [-0.15, -0.1) is 10.2 Å². The van der Waals surface area contributed by atoms with Crippen LogP contribution in [-0.4, -0.2) is 32.3 Å². The number of urea groups is 1. The van der Waals surface area contributed by atoms with Crippen LogP contribution in [0.3, 0.4) is 0 Å². The van der Waals surface area contributed by atoms with Crippen molar-refractivity contribution in [2.75, 3.05) is 5.75 Å². The maximum absolute atomic E-state index is 11.8. The van der Waals surface area contributed by atoms with Gasteiger partial charge in [-0.25, -0.2) is 4.79 Å². The fourth-order valence-electron chi connectivity index (χ4n) is 2.16. The largest absolute Gasteiger partial charge is 0.334 e. The molecule has 0 saturated heterocycles. The van der Waals surface area contributed by atoms with Crippen molar-refractivity contribution in [1.29, 1.82) is 0 Å². The molecule has 2 N–H and O–H groups in total. The zero-order valence-corrected chi connectivity index (χ0v) is 14.2. The molecule has 2 aromatic heterocycles. The third-order valence-corrected chi connectivity index (χ3v) is 4.34. The van der Waals surface area contributed by atoms with Crippen LogP contribution in [0.2, 0.25) is 0 Å². The second kappa shape index (κ2) is 8.29. The normalized spacial score (nSPS) is 10.6. The Morgan fingerprint density at radius 3 is 2.68 bits per heavy atom. The number of hydrogen-bond donors (Lipinski definition) is 2. The summed E-state index contributed by atoms with van der Waals surface area (Å²) in [6.07, 6.45) is 2.08. The highest BCUT2D eigenvalue weighted by Gasteiger charge is 2.09. The fourth-order valence-corrected chi connectivity index (χ4v) is 3.03. The quantitative estimate of drug-likeness (QED) is 0.662. The summed E-state index contributed by atoms with van der Waals surface area (Å²) < 4.78 is 1.86. The van der Waals surface area contributed by atoms with E-state index in [9.17, 15) is 9.59 Å². The molecular weight excluding hydrogens is 338 g/mol. The third-order valence-electron chi connectivity index (χ3n) is 3.39. The minimum atomic E-state index is -0.494. The molecule has 0 fully saturated rings. The molecule has 0 radical (unpaired) electrons. The van der Waals surface area contributed by atoms with Gasteiger partial charge >= 0.3 is 6.03 Å². The van der Waals surface area contributed by atoms with Gasteiger partial charge in [0.1, 0.15) is 0 Å². The fraction of sp³-hybridized carbons (Fsp3) is 0.176. The Labute approximate surface area is 148 Å². The average Bonchev–Trinajstić information content (AvgIpc) is 3.04. The predicted octanol–water partition coefficient (Wildman–Crippen LogP) is 2.24. The summed E-state index contributed by atoms with van der Waals surface area (Å²) in [5, 5.41) is 13.8. The van der Waals surface area contributed by atoms with Crippen LogP contribution in [0.1, 0.15) is 12.0 Å². The Morgan fingerprint density at radius 1 is 1.04 bits per heavy atom. The molecule has 3 aromatic rings. The molecule has 128 valence electrons. The highest BCUT2D eigenvalue weighted by molar-refractivity contribution is 7.99. The summed E-state index contributed by atoms with van der Waals surface area (Å²) in [5.41, 5.74) is 1.73. The van der Waals surface area contributed by atoms with Crippen LogP contribution in [0.5, 0.6) is 0 Å². The van der Waals surface area contributed by atoms with Crippen molar-refractivity contribution in [2.24, 2.45) is 0 Å². The maximum Gasteiger partial charge on any atom is 0.321 e. The molecule has 8 heteroatoms. The van der Waals surface area contributed by atoms with E-state index in [1.165, 1.54) is 11.8 Å². The van der Waals surface area contributed by atoms with E-state index in [4.69, 9.17) is 0 Å². The lowest BCUT2D eigenvalue weighted by atomic mass is 10.2. The zero-order chi connectivity index (χ0) is 17.5. The first-order valence-corrected chi connectivity index (χ1v) is 8.75. The van der Waals surface area contributed by atoms with Crippen LogP contribution in [0, 0.1) is 0 Å². The number of fused-ring (bicyclic) bond motifs is 1. The molecule has 0 atom stereocenters. The standard InChI is InChI=1S/C17H17N5O2S/c23-15(19-16(24)18-12-13-6-2-1-3-7-13)9-11-25-17-21-20-14-8-4-5-10-22(14)17/h1-8,10H,9,11-12H2,(H2,18,19,23,24). The van der Waals surface area contributed by atoms with E-state index >= 15 is 0 Å². The number of amides is 3. The summed E-state index contributed by atoms with van der Waals surface area (Å²) in [6, 6.07) is 14.7. The summed E-state index contributed by atoms with van der Waals surface area (Å²) in [6.45, 7) is 0.375. The van der Waals surface area contributed by atoms with Gasteiger partial charge in [0.15, 0.2) is 10.8 Å². The molecular formula is C17H17N5O2S. The van der Waals surface area contributed by atoms with Gasteiger partial charge in [0.25, 0.3) is 0 Å². The van der Waals surface area contributed by atoms with Gasteiger partial charge in [-0.05, 0) is 17.7 Å². The molecule has 0 aliphatic rings. The third kappa shape index (κ3) is 4.80. The van der Waals surface area contributed by atoms with E-state index in [1.807, 2.05) is 59.1 Å². The van der Waals surface area contributed by atoms with E-state index in [-0.39, 0.29) is 12.3 Å². The van der Waals surface area contributed by atoms with E-state index in [2.05, 4.69) is 20.8 Å². The predicted molar refractivity (Wildman–Crippen MR) is 95.1 cm³/mol. The Morgan fingerprint density at radius 2 is 1.84 bits per heavy atom. The van der Waals surface area contributed by atoms with Crippen molar-refractivity contribution in [3.63, 3.8) is 0 Å². The van der Waals surface area contributed by atoms with Gasteiger partial charge in [-0.1, -0.05) is 48.2 Å².